The van der Waals surface area contributed by atoms with Gasteiger partial charge in [0, 0.05) is 22.5 Å². The van der Waals surface area contributed by atoms with Crippen LogP contribution in [0, 0.1) is 11.7 Å². The Kier molecular flexibility index (Phi) is 7.09. The molecule has 1 N–H and O–H groups in total. The second kappa shape index (κ2) is 8.06. The van der Waals surface area contributed by atoms with Gasteiger partial charge in [-0.15, -0.1) is 11.6 Å². The summed E-state index contributed by atoms with van der Waals surface area (Å²) >= 11 is 9.07. The van der Waals surface area contributed by atoms with E-state index in [1.165, 1.54) is 6.07 Å². The molecule has 0 heterocycles. The number of halogens is 3. The molecule has 1 aromatic rings. The van der Waals surface area contributed by atoms with Crippen molar-refractivity contribution in [1.29, 1.82) is 0 Å². The van der Waals surface area contributed by atoms with Crippen molar-refractivity contribution in [2.75, 3.05) is 12.4 Å². The zero-order valence-corrected chi connectivity index (χ0v) is 12.3. The van der Waals surface area contributed by atoms with E-state index in [2.05, 4.69) is 28.2 Å². The van der Waals surface area contributed by atoms with E-state index in [-0.39, 0.29) is 5.82 Å². The summed E-state index contributed by atoms with van der Waals surface area (Å²) in [6.07, 6.45) is 2.10. The molecule has 17 heavy (non-hydrogen) atoms. The second-order valence-corrected chi connectivity index (χ2v) is 5.41. The van der Waals surface area contributed by atoms with Crippen LogP contribution in [0.4, 0.5) is 4.39 Å². The summed E-state index contributed by atoms with van der Waals surface area (Å²) < 4.78 is 14.3. The molecule has 1 unspecified atom stereocenters. The van der Waals surface area contributed by atoms with Crippen LogP contribution >= 0.6 is 27.5 Å². The van der Waals surface area contributed by atoms with Gasteiger partial charge >= 0.3 is 0 Å². The van der Waals surface area contributed by atoms with E-state index >= 15 is 0 Å². The first kappa shape index (κ1) is 14.9. The van der Waals surface area contributed by atoms with Crippen molar-refractivity contribution in [2.24, 2.45) is 5.92 Å². The monoisotopic (exact) mass is 321 g/mol. The van der Waals surface area contributed by atoms with Gasteiger partial charge in [0.2, 0.25) is 0 Å². The number of benzene rings is 1. The molecule has 4 heteroatoms. The van der Waals surface area contributed by atoms with E-state index in [1.54, 1.807) is 6.07 Å². The molecule has 0 aliphatic carbocycles. The average Bonchev–Trinajstić information content (AvgIpc) is 2.32. The molecule has 0 aromatic heterocycles. The Bertz CT molecular complexity index is 346. The third-order valence-electron chi connectivity index (χ3n) is 2.85. The summed E-state index contributed by atoms with van der Waals surface area (Å²) in [4.78, 5) is 0. The number of alkyl halides is 1. The van der Waals surface area contributed by atoms with Crippen molar-refractivity contribution < 1.29 is 4.39 Å². The van der Waals surface area contributed by atoms with Crippen molar-refractivity contribution >= 4 is 27.5 Å². The average molecular weight is 323 g/mol. The fourth-order valence-electron chi connectivity index (χ4n) is 1.69. The minimum Gasteiger partial charge on any atom is -0.312 e. The molecule has 0 fully saturated rings. The highest BCUT2D eigenvalue weighted by atomic mass is 79.9. The van der Waals surface area contributed by atoms with Gasteiger partial charge in [-0.05, 0) is 37.1 Å². The molecular formula is C13H18BrClFN. The van der Waals surface area contributed by atoms with E-state index in [9.17, 15) is 4.39 Å². The van der Waals surface area contributed by atoms with Crippen molar-refractivity contribution in [2.45, 2.75) is 26.3 Å². The Balaban J connectivity index is 2.42. The third kappa shape index (κ3) is 5.36. The highest BCUT2D eigenvalue weighted by Crippen LogP contribution is 2.15. The Morgan fingerprint density at radius 2 is 2.24 bits per heavy atom. The van der Waals surface area contributed by atoms with Crippen molar-refractivity contribution in [3.05, 3.63) is 34.1 Å². The van der Waals surface area contributed by atoms with E-state index in [4.69, 9.17) is 11.6 Å². The standard InChI is InChI=1S/C13H18BrClFN/c1-2-10(5-6-15)8-17-9-11-7-12(14)3-4-13(11)16/h3-4,7,10,17H,2,5-6,8-9H2,1H3. The maximum atomic E-state index is 13.4. The largest absolute Gasteiger partial charge is 0.312 e. The summed E-state index contributed by atoms with van der Waals surface area (Å²) in [7, 11) is 0. The number of nitrogens with one attached hydrogen (secondary N) is 1. The molecule has 1 rings (SSSR count). The van der Waals surface area contributed by atoms with Gasteiger partial charge in [0.25, 0.3) is 0 Å². The second-order valence-electron chi connectivity index (χ2n) is 4.12. The molecule has 0 saturated heterocycles. The topological polar surface area (TPSA) is 12.0 Å². The van der Waals surface area contributed by atoms with Gasteiger partial charge in [-0.25, -0.2) is 4.39 Å². The Labute approximate surface area is 116 Å². The summed E-state index contributed by atoms with van der Waals surface area (Å²) in [6.45, 7) is 3.60. The zero-order valence-electron chi connectivity index (χ0n) is 9.98. The minimum atomic E-state index is -0.161. The first-order chi connectivity index (χ1) is 8.17. The zero-order chi connectivity index (χ0) is 12.7. The normalized spacial score (nSPS) is 12.7. The fraction of sp³-hybridized carbons (Fsp3) is 0.538. The summed E-state index contributed by atoms with van der Waals surface area (Å²) in [5.41, 5.74) is 0.695. The highest BCUT2D eigenvalue weighted by molar-refractivity contribution is 9.10. The smallest absolute Gasteiger partial charge is 0.127 e. The molecule has 0 aliphatic heterocycles. The molecule has 0 bridgehead atoms. The van der Waals surface area contributed by atoms with Gasteiger partial charge in [-0.1, -0.05) is 29.3 Å². The molecule has 0 radical (unpaired) electrons. The first-order valence-corrected chi connectivity index (χ1v) is 7.20. The van der Waals surface area contributed by atoms with Crippen LogP contribution < -0.4 is 5.32 Å². The maximum Gasteiger partial charge on any atom is 0.127 e. The summed E-state index contributed by atoms with van der Waals surface area (Å²) in [6, 6.07) is 5.00. The summed E-state index contributed by atoms with van der Waals surface area (Å²) in [5.74, 6) is 1.10. The molecule has 0 aliphatic rings. The SMILES string of the molecule is CCC(CCCl)CNCc1cc(Br)ccc1F. The van der Waals surface area contributed by atoms with Crippen LogP contribution in [0.5, 0.6) is 0 Å². The van der Waals surface area contributed by atoms with Gasteiger partial charge in [-0.3, -0.25) is 0 Å². The molecule has 0 amide bonds. The lowest BCUT2D eigenvalue weighted by atomic mass is 10.0. The third-order valence-corrected chi connectivity index (χ3v) is 3.56. The molecule has 1 nitrogen and oxygen atoms in total. The lowest BCUT2D eigenvalue weighted by molar-refractivity contribution is 0.448. The van der Waals surface area contributed by atoms with Gasteiger partial charge in [0.1, 0.15) is 5.82 Å². The van der Waals surface area contributed by atoms with Crippen LogP contribution in [0.3, 0.4) is 0 Å². The van der Waals surface area contributed by atoms with Gasteiger partial charge in [0.05, 0.1) is 0 Å². The summed E-state index contributed by atoms with van der Waals surface area (Å²) in [5, 5.41) is 3.29. The molecule has 1 atom stereocenters. The van der Waals surface area contributed by atoms with Crippen LogP contribution in [0.2, 0.25) is 0 Å². The van der Waals surface area contributed by atoms with E-state index in [1.807, 2.05) is 6.07 Å². The van der Waals surface area contributed by atoms with Crippen molar-refractivity contribution in [1.82, 2.24) is 5.32 Å². The minimum absolute atomic E-state index is 0.161. The van der Waals surface area contributed by atoms with Crippen LogP contribution in [0.1, 0.15) is 25.3 Å². The van der Waals surface area contributed by atoms with Gasteiger partial charge < -0.3 is 5.32 Å². The van der Waals surface area contributed by atoms with Gasteiger partial charge in [-0.2, -0.15) is 0 Å². The maximum absolute atomic E-state index is 13.4. The van der Waals surface area contributed by atoms with Gasteiger partial charge in [0.15, 0.2) is 0 Å². The molecule has 0 saturated carbocycles. The molecular weight excluding hydrogens is 305 g/mol. The van der Waals surface area contributed by atoms with E-state index in [0.29, 0.717) is 23.9 Å². The molecule has 0 spiro atoms. The predicted octanol–water partition coefficient (Wildman–Crippen LogP) is 4.33. The first-order valence-electron chi connectivity index (χ1n) is 5.88. The highest BCUT2D eigenvalue weighted by Gasteiger charge is 2.06. The number of hydrogen-bond acceptors (Lipinski definition) is 1. The van der Waals surface area contributed by atoms with Crippen LogP contribution in [0.15, 0.2) is 22.7 Å². The van der Waals surface area contributed by atoms with Crippen LogP contribution in [-0.4, -0.2) is 12.4 Å². The number of hydrogen-bond donors (Lipinski definition) is 1. The predicted molar refractivity (Wildman–Crippen MR) is 74.9 cm³/mol. The lowest BCUT2D eigenvalue weighted by Gasteiger charge is -2.14. The Morgan fingerprint density at radius 1 is 1.47 bits per heavy atom. The van der Waals surface area contributed by atoms with Crippen LogP contribution in [-0.2, 0) is 6.54 Å². The quantitative estimate of drug-likeness (QED) is 0.737. The van der Waals surface area contributed by atoms with Crippen molar-refractivity contribution in [3.8, 4) is 0 Å². The molecule has 96 valence electrons. The van der Waals surface area contributed by atoms with Crippen molar-refractivity contribution in [3.63, 3.8) is 0 Å². The fourth-order valence-corrected chi connectivity index (χ4v) is 2.41. The lowest BCUT2D eigenvalue weighted by Crippen LogP contribution is -2.23. The number of rotatable bonds is 7. The Morgan fingerprint density at radius 3 is 2.88 bits per heavy atom. The van der Waals surface area contributed by atoms with E-state index in [0.717, 1.165) is 23.9 Å². The van der Waals surface area contributed by atoms with E-state index < -0.39 is 0 Å². The molecule has 1 aromatic carbocycles. The van der Waals surface area contributed by atoms with Crippen LogP contribution in [0.25, 0.3) is 0 Å². The Hall–Kier alpha value is -0.120.